The second-order valence-electron chi connectivity index (χ2n) is 7.73. The van der Waals surface area contributed by atoms with Gasteiger partial charge in [0.15, 0.2) is 0 Å². The van der Waals surface area contributed by atoms with Crippen LogP contribution in [0.25, 0.3) is 0 Å². The van der Waals surface area contributed by atoms with Crippen LogP contribution in [0.4, 0.5) is 0 Å². The maximum absolute atomic E-state index is 13.2. The molecule has 1 N–H and O–H groups in total. The molecule has 136 valence electrons. The highest BCUT2D eigenvalue weighted by Crippen LogP contribution is 2.32. The van der Waals surface area contributed by atoms with Gasteiger partial charge in [0.25, 0.3) is 0 Å². The highest BCUT2D eigenvalue weighted by atomic mass is 32.2. The van der Waals surface area contributed by atoms with Gasteiger partial charge >= 0.3 is 0 Å². The minimum absolute atomic E-state index is 0.287. The molecule has 2 heterocycles. The molecule has 1 aliphatic heterocycles. The first-order valence-electron chi connectivity index (χ1n) is 9.06. The van der Waals surface area contributed by atoms with E-state index in [0.29, 0.717) is 35.3 Å². The third-order valence-electron chi connectivity index (χ3n) is 5.33. The molecule has 1 aromatic heterocycles. The van der Waals surface area contributed by atoms with Gasteiger partial charge in [-0.15, -0.1) is 0 Å². The van der Waals surface area contributed by atoms with E-state index >= 15 is 0 Å². The Labute approximate surface area is 145 Å². The molecule has 7 heteroatoms. The highest BCUT2D eigenvalue weighted by molar-refractivity contribution is 7.89. The maximum atomic E-state index is 13.2. The Balaban J connectivity index is 1.85. The quantitative estimate of drug-likeness (QED) is 0.880. The van der Waals surface area contributed by atoms with Crippen LogP contribution in [0.5, 0.6) is 0 Å². The Hall–Kier alpha value is -0.920. The lowest BCUT2D eigenvalue weighted by atomic mass is 10.0. The minimum atomic E-state index is -3.49. The van der Waals surface area contributed by atoms with Crippen molar-refractivity contribution in [3.63, 3.8) is 0 Å². The lowest BCUT2D eigenvalue weighted by Crippen LogP contribution is -2.46. The standard InChI is InChI=1S/C17H30N4O2S/c1-12(2)16-11-21(9-5-8-20(16)10-15-6-7-15)24(22,23)17-13(3)18-19-14(17)4/h12,15-16H,5-11H2,1-4H3,(H,18,19). The van der Waals surface area contributed by atoms with E-state index in [9.17, 15) is 8.42 Å². The zero-order chi connectivity index (χ0) is 17.5. The molecule has 1 aromatic rings. The molecule has 0 aromatic carbocycles. The molecular formula is C17H30N4O2S. The third-order valence-corrected chi connectivity index (χ3v) is 7.46. The minimum Gasteiger partial charge on any atom is -0.298 e. The van der Waals surface area contributed by atoms with Crippen LogP contribution in [-0.2, 0) is 10.0 Å². The predicted octanol–water partition coefficient (Wildman–Crippen LogP) is 2.16. The number of nitrogens with zero attached hydrogens (tertiary/aromatic N) is 3. The summed E-state index contributed by atoms with van der Waals surface area (Å²) in [6.45, 7) is 11.2. The summed E-state index contributed by atoms with van der Waals surface area (Å²) in [7, 11) is -3.49. The van der Waals surface area contributed by atoms with Crippen molar-refractivity contribution in [3.05, 3.63) is 11.4 Å². The molecule has 1 unspecified atom stereocenters. The van der Waals surface area contributed by atoms with Gasteiger partial charge in [-0.25, -0.2) is 8.42 Å². The molecule has 0 amide bonds. The van der Waals surface area contributed by atoms with E-state index in [2.05, 4.69) is 28.9 Å². The van der Waals surface area contributed by atoms with Gasteiger partial charge < -0.3 is 0 Å². The SMILES string of the molecule is Cc1n[nH]c(C)c1S(=O)(=O)N1CCCN(CC2CC2)C(C(C)C)C1. The van der Waals surface area contributed by atoms with Crippen LogP contribution < -0.4 is 0 Å². The zero-order valence-electron chi connectivity index (χ0n) is 15.2. The van der Waals surface area contributed by atoms with Crippen molar-refractivity contribution in [2.45, 2.75) is 57.9 Å². The smallest absolute Gasteiger partial charge is 0.246 e. The van der Waals surface area contributed by atoms with Crippen LogP contribution >= 0.6 is 0 Å². The number of aromatic amines is 1. The Morgan fingerprint density at radius 3 is 2.50 bits per heavy atom. The van der Waals surface area contributed by atoms with Crippen molar-refractivity contribution in [1.82, 2.24) is 19.4 Å². The summed E-state index contributed by atoms with van der Waals surface area (Å²) in [4.78, 5) is 2.90. The molecule has 0 radical (unpaired) electrons. The summed E-state index contributed by atoms with van der Waals surface area (Å²) in [6.07, 6.45) is 3.55. The van der Waals surface area contributed by atoms with Crippen molar-refractivity contribution >= 4 is 10.0 Å². The van der Waals surface area contributed by atoms with E-state index in [4.69, 9.17) is 0 Å². The number of aromatic nitrogens is 2. The third kappa shape index (κ3) is 3.53. The molecule has 1 saturated heterocycles. The van der Waals surface area contributed by atoms with Crippen LogP contribution in [0.3, 0.4) is 0 Å². The predicted molar refractivity (Wildman–Crippen MR) is 94.4 cm³/mol. The molecular weight excluding hydrogens is 324 g/mol. The number of rotatable bonds is 5. The van der Waals surface area contributed by atoms with Crippen LogP contribution in [0.1, 0.15) is 44.5 Å². The van der Waals surface area contributed by atoms with Gasteiger partial charge in [0.2, 0.25) is 10.0 Å². The van der Waals surface area contributed by atoms with Crippen molar-refractivity contribution < 1.29 is 8.42 Å². The largest absolute Gasteiger partial charge is 0.298 e. The van der Waals surface area contributed by atoms with Crippen LogP contribution in [-0.4, -0.2) is 60.0 Å². The Kier molecular flexibility index (Phi) is 5.04. The number of H-pyrrole nitrogens is 1. The fraction of sp³-hybridized carbons (Fsp3) is 0.824. The van der Waals surface area contributed by atoms with Crippen LogP contribution in [0.15, 0.2) is 4.90 Å². The van der Waals surface area contributed by atoms with Crippen LogP contribution in [0.2, 0.25) is 0 Å². The second-order valence-corrected chi connectivity index (χ2v) is 9.60. The molecule has 3 rings (SSSR count). The number of aryl methyl sites for hydroxylation is 2. The summed E-state index contributed by atoms with van der Waals surface area (Å²) >= 11 is 0. The number of hydrogen-bond acceptors (Lipinski definition) is 4. The van der Waals surface area contributed by atoms with E-state index in [1.54, 1.807) is 18.2 Å². The first-order chi connectivity index (χ1) is 11.3. The summed E-state index contributed by atoms with van der Waals surface area (Å²) < 4.78 is 28.1. The van der Waals surface area contributed by atoms with Gasteiger partial charge in [0.05, 0.1) is 11.4 Å². The van der Waals surface area contributed by atoms with Crippen LogP contribution in [0, 0.1) is 25.7 Å². The molecule has 2 fully saturated rings. The molecule has 0 bridgehead atoms. The van der Waals surface area contributed by atoms with E-state index in [-0.39, 0.29) is 6.04 Å². The zero-order valence-corrected chi connectivity index (χ0v) is 16.1. The topological polar surface area (TPSA) is 69.3 Å². The maximum Gasteiger partial charge on any atom is 0.246 e. The highest BCUT2D eigenvalue weighted by Gasteiger charge is 2.37. The number of sulfonamides is 1. The molecule has 1 saturated carbocycles. The first kappa shape index (κ1) is 17.9. The van der Waals surface area contributed by atoms with Gasteiger partial charge in [0.1, 0.15) is 4.90 Å². The van der Waals surface area contributed by atoms with E-state index in [1.807, 2.05) is 0 Å². The molecule has 2 aliphatic rings. The summed E-state index contributed by atoms with van der Waals surface area (Å²) in [6, 6.07) is 0.287. The second kappa shape index (κ2) is 6.77. The number of nitrogens with one attached hydrogen (secondary N) is 1. The summed E-state index contributed by atoms with van der Waals surface area (Å²) in [5.41, 5.74) is 1.19. The summed E-state index contributed by atoms with van der Waals surface area (Å²) in [5.74, 6) is 1.26. The van der Waals surface area contributed by atoms with Crippen molar-refractivity contribution in [2.24, 2.45) is 11.8 Å². The molecule has 1 atom stereocenters. The Bertz CT molecular complexity index is 659. The molecule has 6 nitrogen and oxygen atoms in total. The van der Waals surface area contributed by atoms with Gasteiger partial charge in [-0.1, -0.05) is 13.8 Å². The molecule has 24 heavy (non-hydrogen) atoms. The van der Waals surface area contributed by atoms with Crippen molar-refractivity contribution in [1.29, 1.82) is 0 Å². The fourth-order valence-electron chi connectivity index (χ4n) is 3.79. The Morgan fingerprint density at radius 2 is 1.96 bits per heavy atom. The first-order valence-corrected chi connectivity index (χ1v) is 10.5. The average Bonchev–Trinajstić information content (AvgIpc) is 3.27. The number of hydrogen-bond donors (Lipinski definition) is 1. The van der Waals surface area contributed by atoms with E-state index in [0.717, 1.165) is 25.4 Å². The van der Waals surface area contributed by atoms with Crippen molar-refractivity contribution in [3.8, 4) is 0 Å². The van der Waals surface area contributed by atoms with Gasteiger partial charge in [-0.2, -0.15) is 9.40 Å². The Morgan fingerprint density at radius 1 is 1.25 bits per heavy atom. The van der Waals surface area contributed by atoms with Gasteiger partial charge in [-0.3, -0.25) is 10.00 Å². The monoisotopic (exact) mass is 354 g/mol. The lowest BCUT2D eigenvalue weighted by molar-refractivity contribution is 0.150. The summed E-state index contributed by atoms with van der Waals surface area (Å²) in [5, 5.41) is 6.88. The van der Waals surface area contributed by atoms with Gasteiger partial charge in [-0.05, 0) is 51.5 Å². The van der Waals surface area contributed by atoms with E-state index < -0.39 is 10.0 Å². The van der Waals surface area contributed by atoms with Gasteiger partial charge in [0, 0.05) is 25.7 Å². The molecule has 1 aliphatic carbocycles. The average molecular weight is 355 g/mol. The molecule has 0 spiro atoms. The normalized spacial score (nSPS) is 24.5. The fourth-order valence-corrected chi connectivity index (χ4v) is 5.62. The van der Waals surface area contributed by atoms with E-state index in [1.165, 1.54) is 12.8 Å². The van der Waals surface area contributed by atoms with Crippen molar-refractivity contribution in [2.75, 3.05) is 26.2 Å². The lowest BCUT2D eigenvalue weighted by Gasteiger charge is -2.34.